The van der Waals surface area contributed by atoms with Gasteiger partial charge in [0.25, 0.3) is 0 Å². The molecule has 0 fully saturated rings. The summed E-state index contributed by atoms with van der Waals surface area (Å²) in [7, 11) is 1.70. The van der Waals surface area contributed by atoms with Crippen molar-refractivity contribution in [1.29, 1.82) is 0 Å². The van der Waals surface area contributed by atoms with E-state index in [-0.39, 0.29) is 0 Å². The summed E-state index contributed by atoms with van der Waals surface area (Å²) in [5.74, 6) is 0.923. The highest BCUT2D eigenvalue weighted by atomic mass is 16.5. The van der Waals surface area contributed by atoms with Gasteiger partial charge in [-0.3, -0.25) is 0 Å². The Labute approximate surface area is 118 Å². The third-order valence-corrected chi connectivity index (χ3v) is 3.31. The summed E-state index contributed by atoms with van der Waals surface area (Å²) in [6, 6.07) is 8.29. The van der Waals surface area contributed by atoms with Crippen molar-refractivity contribution < 1.29 is 9.47 Å². The molecule has 0 aliphatic carbocycles. The van der Waals surface area contributed by atoms with Crippen LogP contribution in [0.1, 0.15) is 51.0 Å². The molecule has 1 aromatic rings. The molecule has 0 atom stereocenters. The van der Waals surface area contributed by atoms with E-state index < -0.39 is 0 Å². The molecule has 0 spiro atoms. The molecule has 0 radical (unpaired) electrons. The van der Waals surface area contributed by atoms with Crippen LogP contribution in [-0.2, 0) is 11.2 Å². The standard InChI is InChI=1S/C17H28O2/c1-3-4-5-6-7-14-19-15-8-9-16-10-12-17(18-2)13-11-16/h10-13H,3-9,14-15H2,1-2H3. The molecule has 0 heterocycles. The molecule has 2 nitrogen and oxygen atoms in total. The van der Waals surface area contributed by atoms with Crippen molar-refractivity contribution in [3.05, 3.63) is 29.8 Å². The number of benzene rings is 1. The van der Waals surface area contributed by atoms with Gasteiger partial charge in [0, 0.05) is 13.2 Å². The third kappa shape index (κ3) is 7.89. The summed E-state index contributed by atoms with van der Waals surface area (Å²) in [5.41, 5.74) is 1.35. The van der Waals surface area contributed by atoms with Crippen molar-refractivity contribution in [2.45, 2.75) is 51.9 Å². The van der Waals surface area contributed by atoms with E-state index in [0.29, 0.717) is 0 Å². The number of hydrogen-bond donors (Lipinski definition) is 0. The van der Waals surface area contributed by atoms with E-state index in [1.807, 2.05) is 12.1 Å². The lowest BCUT2D eigenvalue weighted by molar-refractivity contribution is 0.127. The molecular formula is C17H28O2. The zero-order valence-corrected chi connectivity index (χ0v) is 12.5. The molecule has 0 N–H and O–H groups in total. The summed E-state index contributed by atoms with van der Waals surface area (Å²) in [6.07, 6.45) is 8.72. The highest BCUT2D eigenvalue weighted by molar-refractivity contribution is 5.27. The predicted octanol–water partition coefficient (Wildman–Crippen LogP) is 4.61. The van der Waals surface area contributed by atoms with Crippen molar-refractivity contribution in [2.24, 2.45) is 0 Å². The molecule has 19 heavy (non-hydrogen) atoms. The van der Waals surface area contributed by atoms with E-state index in [0.717, 1.165) is 31.8 Å². The van der Waals surface area contributed by atoms with Gasteiger partial charge in [0.1, 0.15) is 5.75 Å². The maximum Gasteiger partial charge on any atom is 0.118 e. The molecule has 0 aromatic heterocycles. The summed E-state index contributed by atoms with van der Waals surface area (Å²) in [6.45, 7) is 4.04. The van der Waals surface area contributed by atoms with Crippen molar-refractivity contribution >= 4 is 0 Å². The Morgan fingerprint density at radius 2 is 1.53 bits per heavy atom. The van der Waals surface area contributed by atoms with E-state index in [2.05, 4.69) is 19.1 Å². The second kappa shape index (κ2) is 10.9. The lowest BCUT2D eigenvalue weighted by atomic mass is 10.1. The van der Waals surface area contributed by atoms with E-state index in [1.54, 1.807) is 7.11 Å². The van der Waals surface area contributed by atoms with E-state index in [4.69, 9.17) is 9.47 Å². The Morgan fingerprint density at radius 3 is 2.21 bits per heavy atom. The van der Waals surface area contributed by atoms with Crippen LogP contribution in [0.25, 0.3) is 0 Å². The number of unbranched alkanes of at least 4 members (excludes halogenated alkanes) is 4. The van der Waals surface area contributed by atoms with Gasteiger partial charge in [-0.15, -0.1) is 0 Å². The van der Waals surface area contributed by atoms with Gasteiger partial charge < -0.3 is 9.47 Å². The van der Waals surface area contributed by atoms with Crippen LogP contribution >= 0.6 is 0 Å². The van der Waals surface area contributed by atoms with Crippen LogP contribution in [-0.4, -0.2) is 20.3 Å². The van der Waals surface area contributed by atoms with Gasteiger partial charge in [-0.05, 0) is 37.0 Å². The fraction of sp³-hybridized carbons (Fsp3) is 0.647. The highest BCUT2D eigenvalue weighted by Crippen LogP contribution is 2.12. The average Bonchev–Trinajstić information content (AvgIpc) is 2.46. The molecule has 0 unspecified atom stereocenters. The van der Waals surface area contributed by atoms with Crippen LogP contribution in [0.5, 0.6) is 5.75 Å². The molecule has 0 aliphatic heterocycles. The summed E-state index contributed by atoms with van der Waals surface area (Å²) in [4.78, 5) is 0. The smallest absolute Gasteiger partial charge is 0.118 e. The third-order valence-electron chi connectivity index (χ3n) is 3.31. The number of hydrogen-bond acceptors (Lipinski definition) is 2. The first-order valence-electron chi connectivity index (χ1n) is 7.57. The van der Waals surface area contributed by atoms with E-state index in [9.17, 15) is 0 Å². The minimum atomic E-state index is 0.875. The monoisotopic (exact) mass is 264 g/mol. The fourth-order valence-corrected chi connectivity index (χ4v) is 2.08. The van der Waals surface area contributed by atoms with Crippen LogP contribution in [0.4, 0.5) is 0 Å². The molecule has 0 amide bonds. The second-order valence-electron chi connectivity index (χ2n) is 4.98. The SMILES string of the molecule is CCCCCCCOCCCc1ccc(OC)cc1. The number of methoxy groups -OCH3 is 1. The first-order chi connectivity index (χ1) is 9.36. The molecule has 0 bridgehead atoms. The molecule has 108 valence electrons. The Hall–Kier alpha value is -1.02. The average molecular weight is 264 g/mol. The molecule has 2 heteroatoms. The Bertz CT molecular complexity index is 306. The fourth-order valence-electron chi connectivity index (χ4n) is 2.08. The first kappa shape index (κ1) is 16.0. The topological polar surface area (TPSA) is 18.5 Å². The zero-order chi connectivity index (χ0) is 13.8. The first-order valence-corrected chi connectivity index (χ1v) is 7.57. The van der Waals surface area contributed by atoms with Crippen molar-refractivity contribution in [3.8, 4) is 5.75 Å². The van der Waals surface area contributed by atoms with Crippen LogP contribution in [0.2, 0.25) is 0 Å². The van der Waals surface area contributed by atoms with E-state index in [1.165, 1.54) is 37.7 Å². The molecule has 1 aromatic carbocycles. The molecular weight excluding hydrogens is 236 g/mol. The van der Waals surface area contributed by atoms with Crippen molar-refractivity contribution in [2.75, 3.05) is 20.3 Å². The van der Waals surface area contributed by atoms with Gasteiger partial charge in [0.05, 0.1) is 7.11 Å². The van der Waals surface area contributed by atoms with Crippen molar-refractivity contribution in [1.82, 2.24) is 0 Å². The molecule has 0 saturated carbocycles. The summed E-state index contributed by atoms with van der Waals surface area (Å²) in [5, 5.41) is 0. The van der Waals surface area contributed by atoms with Gasteiger partial charge >= 0.3 is 0 Å². The van der Waals surface area contributed by atoms with Gasteiger partial charge in [0.15, 0.2) is 0 Å². The van der Waals surface area contributed by atoms with Crippen LogP contribution < -0.4 is 4.74 Å². The normalized spacial score (nSPS) is 10.6. The minimum Gasteiger partial charge on any atom is -0.497 e. The maximum atomic E-state index is 5.66. The lowest BCUT2D eigenvalue weighted by Crippen LogP contribution is -1.99. The van der Waals surface area contributed by atoms with Crippen LogP contribution in [0.3, 0.4) is 0 Å². The number of rotatable bonds is 11. The highest BCUT2D eigenvalue weighted by Gasteiger charge is 1.95. The lowest BCUT2D eigenvalue weighted by Gasteiger charge is -2.05. The number of ether oxygens (including phenoxy) is 2. The van der Waals surface area contributed by atoms with Gasteiger partial charge in [-0.2, -0.15) is 0 Å². The largest absolute Gasteiger partial charge is 0.497 e. The van der Waals surface area contributed by atoms with Crippen molar-refractivity contribution in [3.63, 3.8) is 0 Å². The molecule has 0 saturated heterocycles. The van der Waals surface area contributed by atoms with Crippen LogP contribution in [0, 0.1) is 0 Å². The summed E-state index contributed by atoms with van der Waals surface area (Å²) < 4.78 is 10.8. The molecule has 0 aliphatic rings. The summed E-state index contributed by atoms with van der Waals surface area (Å²) >= 11 is 0. The quantitative estimate of drug-likeness (QED) is 0.543. The van der Waals surface area contributed by atoms with Crippen LogP contribution in [0.15, 0.2) is 24.3 Å². The maximum absolute atomic E-state index is 5.66. The van der Waals surface area contributed by atoms with E-state index >= 15 is 0 Å². The van der Waals surface area contributed by atoms with Gasteiger partial charge in [-0.1, -0.05) is 44.7 Å². The Morgan fingerprint density at radius 1 is 0.842 bits per heavy atom. The Balaban J connectivity index is 1.95. The number of aryl methyl sites for hydroxylation is 1. The van der Waals surface area contributed by atoms with Gasteiger partial charge in [0.2, 0.25) is 0 Å². The van der Waals surface area contributed by atoms with Gasteiger partial charge in [-0.25, -0.2) is 0 Å². The Kier molecular flexibility index (Phi) is 9.17. The minimum absolute atomic E-state index is 0.875. The predicted molar refractivity (Wildman–Crippen MR) is 80.9 cm³/mol. The molecule has 1 rings (SSSR count). The zero-order valence-electron chi connectivity index (χ0n) is 12.5. The second-order valence-corrected chi connectivity index (χ2v) is 4.98.